The molecule has 102 valence electrons. The van der Waals surface area contributed by atoms with Gasteiger partial charge in [0.1, 0.15) is 5.82 Å². The zero-order valence-electron chi connectivity index (χ0n) is 10.7. The van der Waals surface area contributed by atoms with E-state index in [0.717, 1.165) is 6.07 Å². The van der Waals surface area contributed by atoms with Crippen molar-refractivity contribution in [2.45, 2.75) is 0 Å². The van der Waals surface area contributed by atoms with E-state index in [1.807, 2.05) is 6.07 Å². The molecule has 0 unspecified atom stereocenters. The van der Waals surface area contributed by atoms with Crippen LogP contribution in [0, 0.1) is 17.1 Å². The van der Waals surface area contributed by atoms with Gasteiger partial charge in [-0.2, -0.15) is 5.26 Å². The number of aromatic amines is 1. The quantitative estimate of drug-likeness (QED) is 0.725. The van der Waals surface area contributed by atoms with Gasteiger partial charge in [-0.25, -0.2) is 4.39 Å². The van der Waals surface area contributed by atoms with E-state index in [4.69, 9.17) is 16.9 Å². The topological polar surface area (TPSA) is 56.6 Å². The highest BCUT2D eigenvalue weighted by Gasteiger charge is 2.19. The predicted octanol–water partition coefficient (Wildman–Crippen LogP) is 4.06. The van der Waals surface area contributed by atoms with Gasteiger partial charge in [0.2, 0.25) is 0 Å². The van der Waals surface area contributed by atoms with Crippen LogP contribution in [0.25, 0.3) is 10.9 Å². The van der Waals surface area contributed by atoms with Gasteiger partial charge in [-0.3, -0.25) is 4.79 Å². The predicted molar refractivity (Wildman–Crippen MR) is 77.9 cm³/mol. The highest BCUT2D eigenvalue weighted by atomic mass is 35.5. The Morgan fingerprint density at radius 2 is 2.05 bits per heavy atom. The zero-order chi connectivity index (χ0) is 15.0. The average Bonchev–Trinajstić information content (AvgIpc) is 2.90. The normalized spacial score (nSPS) is 10.5. The number of nitrogens with one attached hydrogen (secondary N) is 1. The zero-order valence-corrected chi connectivity index (χ0v) is 11.4. The molecule has 3 nitrogen and oxygen atoms in total. The van der Waals surface area contributed by atoms with E-state index in [0.29, 0.717) is 16.5 Å². The van der Waals surface area contributed by atoms with Crippen LogP contribution < -0.4 is 0 Å². The second-order valence-electron chi connectivity index (χ2n) is 4.50. The summed E-state index contributed by atoms with van der Waals surface area (Å²) in [5.41, 5.74) is 1.22. The summed E-state index contributed by atoms with van der Waals surface area (Å²) in [6.07, 6.45) is 1.49. The maximum Gasteiger partial charge on any atom is 0.198 e. The molecular weight excluding hydrogens is 291 g/mol. The van der Waals surface area contributed by atoms with Crippen molar-refractivity contribution in [1.29, 1.82) is 5.26 Å². The number of benzene rings is 2. The lowest BCUT2D eigenvalue weighted by atomic mass is 9.99. The molecule has 1 heterocycles. The van der Waals surface area contributed by atoms with Gasteiger partial charge < -0.3 is 4.98 Å². The fourth-order valence-electron chi connectivity index (χ4n) is 2.28. The molecule has 0 saturated heterocycles. The third-order valence-corrected chi connectivity index (χ3v) is 3.48. The van der Waals surface area contributed by atoms with Crippen LogP contribution in [0.2, 0.25) is 5.02 Å². The van der Waals surface area contributed by atoms with Gasteiger partial charge in [-0.1, -0.05) is 17.7 Å². The summed E-state index contributed by atoms with van der Waals surface area (Å²) in [4.78, 5) is 15.4. The van der Waals surface area contributed by atoms with E-state index < -0.39 is 11.6 Å². The van der Waals surface area contributed by atoms with Gasteiger partial charge >= 0.3 is 0 Å². The molecule has 5 heteroatoms. The second kappa shape index (κ2) is 5.04. The molecule has 0 aliphatic carbocycles. The summed E-state index contributed by atoms with van der Waals surface area (Å²) in [5, 5.41) is 9.88. The number of fused-ring (bicyclic) bond motifs is 1. The Bertz CT molecular complexity index is 908. The van der Waals surface area contributed by atoms with Crippen LogP contribution in [0.15, 0.2) is 42.6 Å². The molecule has 0 aliphatic rings. The molecule has 0 saturated carbocycles. The van der Waals surface area contributed by atoms with Crippen molar-refractivity contribution in [3.05, 3.63) is 70.1 Å². The van der Waals surface area contributed by atoms with E-state index in [2.05, 4.69) is 4.98 Å². The maximum absolute atomic E-state index is 13.9. The summed E-state index contributed by atoms with van der Waals surface area (Å²) in [5.74, 6) is -1.17. The Morgan fingerprint density at radius 1 is 1.24 bits per heavy atom. The lowest BCUT2D eigenvalue weighted by Crippen LogP contribution is -2.04. The Morgan fingerprint density at radius 3 is 2.76 bits per heavy atom. The van der Waals surface area contributed by atoms with Crippen molar-refractivity contribution >= 4 is 28.3 Å². The molecule has 0 amide bonds. The number of nitrogens with zero attached hydrogens (tertiary/aromatic N) is 1. The number of hydrogen-bond donors (Lipinski definition) is 1. The number of aromatic nitrogens is 1. The largest absolute Gasteiger partial charge is 0.360 e. The van der Waals surface area contributed by atoms with Crippen molar-refractivity contribution in [1.82, 2.24) is 4.98 Å². The van der Waals surface area contributed by atoms with E-state index in [1.54, 1.807) is 18.2 Å². The fourth-order valence-corrected chi connectivity index (χ4v) is 2.43. The van der Waals surface area contributed by atoms with Crippen LogP contribution in [-0.4, -0.2) is 10.8 Å². The van der Waals surface area contributed by atoms with Crippen LogP contribution in [0.5, 0.6) is 0 Å². The van der Waals surface area contributed by atoms with Crippen molar-refractivity contribution in [3.63, 3.8) is 0 Å². The van der Waals surface area contributed by atoms with Crippen molar-refractivity contribution in [2.24, 2.45) is 0 Å². The number of rotatable bonds is 2. The van der Waals surface area contributed by atoms with Crippen LogP contribution >= 0.6 is 11.6 Å². The minimum absolute atomic E-state index is 0.0759. The minimum atomic E-state index is -0.684. The van der Waals surface area contributed by atoms with E-state index in [-0.39, 0.29) is 16.1 Å². The molecule has 1 N–H and O–H groups in total. The van der Waals surface area contributed by atoms with Crippen molar-refractivity contribution < 1.29 is 9.18 Å². The first-order chi connectivity index (χ1) is 10.1. The standard InChI is InChI=1S/C16H8ClFN2O/c17-10-4-5-11(13(18)6-10)16(21)12-8-20-14-3-1-2-9(7-19)15(12)14/h1-6,8,20H. The molecule has 2 aromatic carbocycles. The first kappa shape index (κ1) is 13.3. The SMILES string of the molecule is N#Cc1cccc2[nH]cc(C(=O)c3ccc(Cl)cc3F)c12. The van der Waals surface area contributed by atoms with Gasteiger partial charge in [0.05, 0.1) is 17.2 Å². The van der Waals surface area contributed by atoms with Crippen molar-refractivity contribution in [3.8, 4) is 6.07 Å². The molecule has 3 rings (SSSR count). The molecule has 3 aromatic rings. The maximum atomic E-state index is 13.9. The highest BCUT2D eigenvalue weighted by Crippen LogP contribution is 2.26. The van der Waals surface area contributed by atoms with Gasteiger partial charge in [0.25, 0.3) is 0 Å². The highest BCUT2D eigenvalue weighted by molar-refractivity contribution is 6.30. The molecule has 1 aromatic heterocycles. The van der Waals surface area contributed by atoms with Crippen LogP contribution in [0.3, 0.4) is 0 Å². The molecule has 0 fully saturated rings. The van der Waals surface area contributed by atoms with Gasteiger partial charge in [0.15, 0.2) is 5.78 Å². The Balaban J connectivity index is 2.21. The van der Waals surface area contributed by atoms with Crippen LogP contribution in [-0.2, 0) is 0 Å². The molecule has 0 radical (unpaired) electrons. The molecule has 21 heavy (non-hydrogen) atoms. The van der Waals surface area contributed by atoms with E-state index in [1.165, 1.54) is 18.3 Å². The monoisotopic (exact) mass is 298 g/mol. The van der Waals surface area contributed by atoms with Gasteiger partial charge in [-0.15, -0.1) is 0 Å². The number of carbonyl (C=O) groups is 1. The smallest absolute Gasteiger partial charge is 0.198 e. The molecule has 0 bridgehead atoms. The van der Waals surface area contributed by atoms with Crippen LogP contribution in [0.4, 0.5) is 4.39 Å². The third-order valence-electron chi connectivity index (χ3n) is 3.25. The summed E-state index contributed by atoms with van der Waals surface area (Å²) in [7, 11) is 0. The first-order valence-corrected chi connectivity index (χ1v) is 6.49. The number of hydrogen-bond acceptors (Lipinski definition) is 2. The molecular formula is C16H8ClFN2O. The second-order valence-corrected chi connectivity index (χ2v) is 4.93. The number of halogens is 2. The summed E-state index contributed by atoms with van der Waals surface area (Å²) in [6.45, 7) is 0. The first-order valence-electron chi connectivity index (χ1n) is 6.12. The van der Waals surface area contributed by atoms with Gasteiger partial charge in [-0.05, 0) is 30.3 Å². The number of ketones is 1. The number of H-pyrrole nitrogens is 1. The summed E-state index contributed by atoms with van der Waals surface area (Å²) in [6, 6.07) is 11.0. The Labute approximate surface area is 124 Å². The lowest BCUT2D eigenvalue weighted by Gasteiger charge is -2.03. The Kier molecular flexibility index (Phi) is 3.20. The van der Waals surface area contributed by atoms with E-state index >= 15 is 0 Å². The lowest BCUT2D eigenvalue weighted by molar-refractivity contribution is 0.103. The van der Waals surface area contributed by atoms with Gasteiger partial charge in [0, 0.05) is 27.7 Å². The Hall–Kier alpha value is -2.64. The molecule has 0 spiro atoms. The van der Waals surface area contributed by atoms with E-state index in [9.17, 15) is 9.18 Å². The van der Waals surface area contributed by atoms with Crippen LogP contribution in [0.1, 0.15) is 21.5 Å². The summed E-state index contributed by atoms with van der Waals surface area (Å²) >= 11 is 5.69. The molecule has 0 aliphatic heterocycles. The van der Waals surface area contributed by atoms with Crippen molar-refractivity contribution in [2.75, 3.05) is 0 Å². The third kappa shape index (κ3) is 2.18. The number of carbonyl (C=O) groups excluding carboxylic acids is 1. The molecule has 0 atom stereocenters. The summed E-state index contributed by atoms with van der Waals surface area (Å²) < 4.78 is 13.9. The number of nitriles is 1. The average molecular weight is 299 g/mol. The fraction of sp³-hybridized carbons (Fsp3) is 0. The minimum Gasteiger partial charge on any atom is -0.360 e.